The van der Waals surface area contributed by atoms with E-state index in [4.69, 9.17) is 4.74 Å². The first-order chi connectivity index (χ1) is 10.1. The van der Waals surface area contributed by atoms with Gasteiger partial charge in [0.15, 0.2) is 5.75 Å². The lowest BCUT2D eigenvalue weighted by molar-refractivity contribution is 0.107. The van der Waals surface area contributed by atoms with Gasteiger partial charge in [-0.2, -0.15) is 0 Å². The lowest BCUT2D eigenvalue weighted by Gasteiger charge is -2.13. The maximum atomic E-state index is 11.6. The van der Waals surface area contributed by atoms with E-state index in [9.17, 15) is 9.90 Å². The number of H-pyrrole nitrogens is 1. The fourth-order valence-electron chi connectivity index (χ4n) is 2.22. The summed E-state index contributed by atoms with van der Waals surface area (Å²) in [4.78, 5) is 14.1. The fraction of sp³-hybridized carbons (Fsp3) is 0.312. The van der Waals surface area contributed by atoms with Gasteiger partial charge in [0.25, 0.3) is 5.56 Å². The molecule has 4 nitrogen and oxygen atoms in total. The van der Waals surface area contributed by atoms with Crippen LogP contribution in [-0.2, 0) is 0 Å². The molecule has 2 aromatic rings. The van der Waals surface area contributed by atoms with Crippen LogP contribution in [-0.4, -0.2) is 16.7 Å². The molecule has 1 unspecified atom stereocenters. The Kier molecular flexibility index (Phi) is 4.12. The van der Waals surface area contributed by atoms with Crippen LogP contribution in [0.15, 0.2) is 45.8 Å². The van der Waals surface area contributed by atoms with E-state index in [1.807, 2.05) is 12.1 Å². The zero-order valence-electron chi connectivity index (χ0n) is 11.4. The van der Waals surface area contributed by atoms with Crippen molar-refractivity contribution in [3.8, 4) is 5.75 Å². The third-order valence-electron chi connectivity index (χ3n) is 3.60. The summed E-state index contributed by atoms with van der Waals surface area (Å²) in [5.41, 5.74) is 1.82. The van der Waals surface area contributed by atoms with Crippen LogP contribution < -0.4 is 10.3 Å². The second kappa shape index (κ2) is 6.03. The average Bonchev–Trinajstić information content (AvgIpc) is 3.33. The number of aliphatic hydroxyl groups excluding tert-OH is 1. The van der Waals surface area contributed by atoms with Crippen LogP contribution in [0.25, 0.3) is 0 Å². The minimum absolute atomic E-state index is 0.0440. The molecule has 1 aromatic heterocycles. The van der Waals surface area contributed by atoms with E-state index in [2.05, 4.69) is 33.0 Å². The number of aromatic amines is 1. The lowest BCUT2D eigenvalue weighted by Crippen LogP contribution is -2.15. The van der Waals surface area contributed by atoms with Crippen molar-refractivity contribution >= 4 is 15.9 Å². The maximum absolute atomic E-state index is 11.6. The summed E-state index contributed by atoms with van der Waals surface area (Å²) in [6.07, 6.45) is 3.31. The topological polar surface area (TPSA) is 62.3 Å². The van der Waals surface area contributed by atoms with E-state index in [1.165, 1.54) is 18.4 Å². The largest absolute Gasteiger partial charge is 0.485 e. The molecule has 0 amide bonds. The monoisotopic (exact) mass is 349 g/mol. The quantitative estimate of drug-likeness (QED) is 0.871. The number of pyridine rings is 1. The lowest BCUT2D eigenvalue weighted by atomic mass is 10.1. The van der Waals surface area contributed by atoms with E-state index in [0.717, 1.165) is 10.0 Å². The summed E-state index contributed by atoms with van der Waals surface area (Å²) in [6.45, 7) is 0.0440. The molecule has 0 bridgehead atoms. The molecule has 0 saturated heterocycles. The van der Waals surface area contributed by atoms with Crippen LogP contribution in [0.2, 0.25) is 0 Å². The molecular weight excluding hydrogens is 334 g/mol. The molecule has 3 rings (SSSR count). The Morgan fingerprint density at radius 1 is 1.33 bits per heavy atom. The smallest absolute Gasteiger partial charge is 0.290 e. The van der Waals surface area contributed by atoms with Crippen LogP contribution in [0.4, 0.5) is 0 Å². The molecule has 1 fully saturated rings. The van der Waals surface area contributed by atoms with Crippen LogP contribution in [0.1, 0.15) is 36.0 Å². The normalized spacial score (nSPS) is 15.7. The SMILES string of the molecule is O=c1[nH]cc(Br)cc1OCC(O)c1ccc(C2CC2)cc1. The molecule has 1 aliphatic rings. The van der Waals surface area contributed by atoms with E-state index in [0.29, 0.717) is 5.92 Å². The molecule has 1 heterocycles. The molecule has 0 spiro atoms. The van der Waals surface area contributed by atoms with Crippen molar-refractivity contribution in [3.05, 3.63) is 62.5 Å². The van der Waals surface area contributed by atoms with Gasteiger partial charge in [-0.1, -0.05) is 24.3 Å². The molecule has 1 saturated carbocycles. The van der Waals surface area contributed by atoms with Crippen LogP contribution in [0, 0.1) is 0 Å². The molecule has 0 radical (unpaired) electrons. The minimum atomic E-state index is -0.753. The fourth-order valence-corrected chi connectivity index (χ4v) is 2.54. The zero-order chi connectivity index (χ0) is 14.8. The first kappa shape index (κ1) is 14.4. The maximum Gasteiger partial charge on any atom is 0.290 e. The number of hydrogen-bond acceptors (Lipinski definition) is 3. The predicted molar refractivity (Wildman–Crippen MR) is 83.6 cm³/mol. The Hall–Kier alpha value is -1.59. The second-order valence-corrected chi connectivity index (χ2v) is 6.19. The Morgan fingerprint density at radius 2 is 2.05 bits per heavy atom. The Morgan fingerprint density at radius 3 is 2.71 bits per heavy atom. The Balaban J connectivity index is 1.64. The summed E-state index contributed by atoms with van der Waals surface area (Å²) < 4.78 is 6.12. The molecule has 1 aromatic carbocycles. The van der Waals surface area contributed by atoms with Crippen molar-refractivity contribution in [3.63, 3.8) is 0 Å². The van der Waals surface area contributed by atoms with Gasteiger partial charge in [-0.25, -0.2) is 0 Å². The second-order valence-electron chi connectivity index (χ2n) is 5.28. The number of nitrogens with one attached hydrogen (secondary N) is 1. The minimum Gasteiger partial charge on any atom is -0.485 e. The summed E-state index contributed by atoms with van der Waals surface area (Å²) >= 11 is 3.26. The van der Waals surface area contributed by atoms with Gasteiger partial charge in [-0.05, 0) is 45.8 Å². The zero-order valence-corrected chi connectivity index (χ0v) is 13.0. The first-order valence-corrected chi connectivity index (χ1v) is 7.72. The highest BCUT2D eigenvalue weighted by atomic mass is 79.9. The number of benzene rings is 1. The standard InChI is InChI=1S/C16H16BrNO3/c17-13-7-15(16(20)18-8-13)21-9-14(19)12-5-3-11(4-6-12)10-1-2-10/h3-8,10,14,19H,1-2,9H2,(H,18,20). The number of aliphatic hydroxyl groups is 1. The summed E-state index contributed by atoms with van der Waals surface area (Å²) in [6, 6.07) is 9.55. The average molecular weight is 350 g/mol. The number of halogens is 1. The van der Waals surface area contributed by atoms with Crippen LogP contribution in [0.3, 0.4) is 0 Å². The Bertz CT molecular complexity index is 677. The summed E-state index contributed by atoms with van der Waals surface area (Å²) in [7, 11) is 0. The van der Waals surface area contributed by atoms with Crippen molar-refractivity contribution in [1.82, 2.24) is 4.98 Å². The van der Waals surface area contributed by atoms with Crippen LogP contribution >= 0.6 is 15.9 Å². The first-order valence-electron chi connectivity index (χ1n) is 6.92. The Labute approximate surface area is 130 Å². The highest BCUT2D eigenvalue weighted by Crippen LogP contribution is 2.40. The van der Waals surface area contributed by atoms with Crippen LogP contribution in [0.5, 0.6) is 5.75 Å². The highest BCUT2D eigenvalue weighted by molar-refractivity contribution is 9.10. The van der Waals surface area contributed by atoms with Crippen molar-refractivity contribution in [2.24, 2.45) is 0 Å². The van der Waals surface area contributed by atoms with Gasteiger partial charge in [-0.15, -0.1) is 0 Å². The molecule has 0 aliphatic heterocycles. The number of hydrogen-bond donors (Lipinski definition) is 2. The van der Waals surface area contributed by atoms with Gasteiger partial charge < -0.3 is 14.8 Å². The highest BCUT2D eigenvalue weighted by Gasteiger charge is 2.23. The third-order valence-corrected chi connectivity index (χ3v) is 4.06. The summed E-state index contributed by atoms with van der Waals surface area (Å²) in [5, 5.41) is 10.1. The van der Waals surface area contributed by atoms with Gasteiger partial charge in [0.05, 0.1) is 0 Å². The molecule has 2 N–H and O–H groups in total. The van der Waals surface area contributed by atoms with Gasteiger partial charge in [0, 0.05) is 16.7 Å². The molecule has 1 atom stereocenters. The van der Waals surface area contributed by atoms with E-state index >= 15 is 0 Å². The van der Waals surface area contributed by atoms with Crippen molar-refractivity contribution < 1.29 is 9.84 Å². The summed E-state index contributed by atoms with van der Waals surface area (Å²) in [5.74, 6) is 0.894. The van der Waals surface area contributed by atoms with Gasteiger partial charge in [0.2, 0.25) is 0 Å². The molecule has 21 heavy (non-hydrogen) atoms. The van der Waals surface area contributed by atoms with Crippen molar-refractivity contribution in [2.45, 2.75) is 24.9 Å². The van der Waals surface area contributed by atoms with Gasteiger partial charge in [0.1, 0.15) is 12.7 Å². The number of ether oxygens (including phenoxy) is 1. The predicted octanol–water partition coefficient (Wildman–Crippen LogP) is 3.13. The molecule has 5 heteroatoms. The van der Waals surface area contributed by atoms with Gasteiger partial charge in [-0.3, -0.25) is 4.79 Å². The number of aromatic nitrogens is 1. The van der Waals surface area contributed by atoms with Crippen molar-refractivity contribution in [1.29, 1.82) is 0 Å². The third kappa shape index (κ3) is 3.54. The molecule has 1 aliphatic carbocycles. The van der Waals surface area contributed by atoms with Crippen molar-refractivity contribution in [2.75, 3.05) is 6.61 Å². The van der Waals surface area contributed by atoms with E-state index in [1.54, 1.807) is 12.3 Å². The number of rotatable bonds is 5. The van der Waals surface area contributed by atoms with Gasteiger partial charge >= 0.3 is 0 Å². The molecule has 110 valence electrons. The molecular formula is C16H16BrNO3. The van der Waals surface area contributed by atoms with E-state index < -0.39 is 6.10 Å². The van der Waals surface area contributed by atoms with E-state index in [-0.39, 0.29) is 17.9 Å².